The molecule has 0 spiro atoms. The van der Waals surface area contributed by atoms with Crippen molar-refractivity contribution in [3.63, 3.8) is 0 Å². The second-order valence-electron chi connectivity index (χ2n) is 9.98. The predicted molar refractivity (Wildman–Crippen MR) is 137 cm³/mol. The molecule has 1 aliphatic carbocycles. The molecule has 1 amide bonds. The van der Waals surface area contributed by atoms with Gasteiger partial charge in [0.05, 0.1) is 11.8 Å². The Morgan fingerprint density at radius 1 is 1.03 bits per heavy atom. The van der Waals surface area contributed by atoms with Gasteiger partial charge in [-0.1, -0.05) is 59.7 Å². The first kappa shape index (κ1) is 25.0. The molecule has 3 aromatic rings. The standard InChI is InChI=1S/C29H29F3N4O/c1-18-7-11-21(12-8-18)16-23-5-4-6-24-27(23)34-36(28(24)22-13-9-19(2)10-14-22)26(37)17-35-20(3)15-25(33-35)29(30,31)32/h7-16,24,28H,4-6,17H2,1-3H3/b23-16+. The Balaban J connectivity index is 1.51. The topological polar surface area (TPSA) is 50.5 Å². The number of alkyl halides is 3. The number of carbonyl (C=O) groups is 1. The lowest BCUT2D eigenvalue weighted by molar-refractivity contribution is -0.142. The summed E-state index contributed by atoms with van der Waals surface area (Å²) in [6.07, 6.45) is 0.281. The van der Waals surface area contributed by atoms with Crippen molar-refractivity contribution in [2.45, 2.75) is 58.8 Å². The SMILES string of the molecule is Cc1ccc(/C=C2\CCCC3C2=NN(C(=O)Cn2nc(C(F)(F)F)cc2C)C3c2ccc(C)cc2)cc1. The van der Waals surface area contributed by atoms with Crippen molar-refractivity contribution in [2.75, 3.05) is 0 Å². The highest BCUT2D eigenvalue weighted by Gasteiger charge is 2.44. The van der Waals surface area contributed by atoms with Crippen LogP contribution >= 0.6 is 0 Å². The van der Waals surface area contributed by atoms with E-state index in [0.717, 1.165) is 58.0 Å². The first-order valence-corrected chi connectivity index (χ1v) is 12.5. The van der Waals surface area contributed by atoms with E-state index < -0.39 is 11.9 Å². The molecule has 0 radical (unpaired) electrons. The second kappa shape index (κ2) is 9.65. The molecule has 1 saturated carbocycles. The molecule has 2 unspecified atom stereocenters. The van der Waals surface area contributed by atoms with Crippen molar-refractivity contribution < 1.29 is 18.0 Å². The predicted octanol–water partition coefficient (Wildman–Crippen LogP) is 6.65. The molecule has 37 heavy (non-hydrogen) atoms. The maximum atomic E-state index is 13.6. The Kier molecular flexibility index (Phi) is 6.52. The van der Waals surface area contributed by atoms with Crippen LogP contribution in [0.1, 0.15) is 58.9 Å². The van der Waals surface area contributed by atoms with E-state index in [0.29, 0.717) is 0 Å². The molecule has 1 aromatic heterocycles. The summed E-state index contributed by atoms with van der Waals surface area (Å²) in [7, 11) is 0. The van der Waals surface area contributed by atoms with Crippen LogP contribution in [-0.2, 0) is 17.5 Å². The number of fused-ring (bicyclic) bond motifs is 1. The van der Waals surface area contributed by atoms with E-state index in [-0.39, 0.29) is 30.1 Å². The number of benzene rings is 2. The molecule has 1 aliphatic heterocycles. The van der Waals surface area contributed by atoms with E-state index in [1.807, 2.05) is 38.1 Å². The van der Waals surface area contributed by atoms with Gasteiger partial charge in [-0.2, -0.15) is 23.4 Å². The lowest BCUT2D eigenvalue weighted by Crippen LogP contribution is -2.34. The molecule has 1 fully saturated rings. The van der Waals surface area contributed by atoms with E-state index in [1.165, 1.54) is 17.5 Å². The number of hydrazone groups is 1. The van der Waals surface area contributed by atoms with E-state index in [4.69, 9.17) is 5.10 Å². The zero-order chi connectivity index (χ0) is 26.3. The first-order chi connectivity index (χ1) is 17.6. The van der Waals surface area contributed by atoms with Crippen molar-refractivity contribution in [2.24, 2.45) is 11.0 Å². The maximum Gasteiger partial charge on any atom is 0.435 e. The Labute approximate surface area is 214 Å². The first-order valence-electron chi connectivity index (χ1n) is 12.5. The highest BCUT2D eigenvalue weighted by atomic mass is 19.4. The number of nitrogens with zero attached hydrogens (tertiary/aromatic N) is 4. The van der Waals surface area contributed by atoms with Gasteiger partial charge in [-0.05, 0) is 68.9 Å². The van der Waals surface area contributed by atoms with Crippen molar-refractivity contribution in [3.05, 3.63) is 93.8 Å². The molecule has 2 heterocycles. The fourth-order valence-electron chi connectivity index (χ4n) is 5.18. The van der Waals surface area contributed by atoms with Crippen LogP contribution in [0.5, 0.6) is 0 Å². The number of rotatable bonds is 4. The number of hydrogen-bond acceptors (Lipinski definition) is 3. The van der Waals surface area contributed by atoms with E-state index >= 15 is 0 Å². The number of halogens is 3. The summed E-state index contributed by atoms with van der Waals surface area (Å²) in [5, 5.41) is 9.97. The van der Waals surface area contributed by atoms with Crippen molar-refractivity contribution in [1.82, 2.24) is 14.8 Å². The van der Waals surface area contributed by atoms with Gasteiger partial charge in [0.1, 0.15) is 6.54 Å². The van der Waals surface area contributed by atoms with Crippen LogP contribution in [-0.4, -0.2) is 26.4 Å². The minimum absolute atomic E-state index is 0.0153. The molecule has 0 N–H and O–H groups in total. The minimum Gasteiger partial charge on any atom is -0.271 e. The lowest BCUT2D eigenvalue weighted by Gasteiger charge is -2.29. The van der Waals surface area contributed by atoms with Gasteiger partial charge in [-0.3, -0.25) is 9.48 Å². The van der Waals surface area contributed by atoms with Crippen LogP contribution in [0.15, 0.2) is 65.3 Å². The molecular formula is C29H29F3N4O. The molecule has 0 bridgehead atoms. The van der Waals surface area contributed by atoms with Crippen molar-refractivity contribution in [3.8, 4) is 0 Å². The lowest BCUT2D eigenvalue weighted by atomic mass is 9.77. The molecule has 0 saturated heterocycles. The monoisotopic (exact) mass is 506 g/mol. The van der Waals surface area contributed by atoms with Crippen LogP contribution in [0.3, 0.4) is 0 Å². The summed E-state index contributed by atoms with van der Waals surface area (Å²) in [5.41, 5.74) is 5.59. The number of hydrogen-bond donors (Lipinski definition) is 0. The van der Waals surface area contributed by atoms with Gasteiger partial charge in [-0.15, -0.1) is 0 Å². The van der Waals surface area contributed by atoms with Gasteiger partial charge in [0.25, 0.3) is 5.91 Å². The number of amides is 1. The van der Waals surface area contributed by atoms with Gasteiger partial charge in [0, 0.05) is 11.6 Å². The fraction of sp³-hybridized carbons (Fsp3) is 0.345. The molecule has 5 rings (SSSR count). The molecule has 5 nitrogen and oxygen atoms in total. The molecule has 8 heteroatoms. The number of carbonyl (C=O) groups excluding carboxylic acids is 1. The molecular weight excluding hydrogens is 477 g/mol. The highest BCUT2D eigenvalue weighted by Crippen LogP contribution is 2.44. The van der Waals surface area contributed by atoms with Gasteiger partial charge < -0.3 is 0 Å². The summed E-state index contributed by atoms with van der Waals surface area (Å²) >= 11 is 0. The van der Waals surface area contributed by atoms with Crippen LogP contribution in [0.2, 0.25) is 0 Å². The summed E-state index contributed by atoms with van der Waals surface area (Å²) in [6.45, 7) is 5.25. The number of aryl methyl sites for hydroxylation is 3. The maximum absolute atomic E-state index is 13.6. The van der Waals surface area contributed by atoms with Gasteiger partial charge in [-0.25, -0.2) is 5.01 Å². The summed E-state index contributed by atoms with van der Waals surface area (Å²) in [6, 6.07) is 17.0. The Hall–Kier alpha value is -3.68. The van der Waals surface area contributed by atoms with Crippen molar-refractivity contribution in [1.29, 1.82) is 0 Å². The Morgan fingerprint density at radius 2 is 1.68 bits per heavy atom. The van der Waals surface area contributed by atoms with E-state index in [9.17, 15) is 18.0 Å². The molecule has 2 aliphatic rings. The van der Waals surface area contributed by atoms with Gasteiger partial charge in [0.2, 0.25) is 0 Å². The summed E-state index contributed by atoms with van der Waals surface area (Å²) < 4.78 is 40.7. The third kappa shape index (κ3) is 5.10. The van der Waals surface area contributed by atoms with E-state index in [2.05, 4.69) is 35.4 Å². The summed E-state index contributed by atoms with van der Waals surface area (Å²) in [5.74, 6) is -0.372. The number of aromatic nitrogens is 2. The van der Waals surface area contributed by atoms with Crippen LogP contribution in [0.25, 0.3) is 6.08 Å². The summed E-state index contributed by atoms with van der Waals surface area (Å²) in [4.78, 5) is 13.6. The zero-order valence-electron chi connectivity index (χ0n) is 21.1. The minimum atomic E-state index is -4.57. The van der Waals surface area contributed by atoms with Gasteiger partial charge >= 0.3 is 6.18 Å². The quantitative estimate of drug-likeness (QED) is 0.398. The average molecular weight is 507 g/mol. The second-order valence-corrected chi connectivity index (χ2v) is 9.98. The Morgan fingerprint density at radius 3 is 2.30 bits per heavy atom. The van der Waals surface area contributed by atoms with Crippen molar-refractivity contribution >= 4 is 17.7 Å². The largest absolute Gasteiger partial charge is 0.435 e. The zero-order valence-corrected chi connectivity index (χ0v) is 21.1. The molecule has 2 atom stereocenters. The molecule has 2 aromatic carbocycles. The molecule has 192 valence electrons. The van der Waals surface area contributed by atoms with Crippen LogP contribution in [0, 0.1) is 26.7 Å². The van der Waals surface area contributed by atoms with Crippen LogP contribution < -0.4 is 0 Å². The smallest absolute Gasteiger partial charge is 0.271 e. The van der Waals surface area contributed by atoms with Gasteiger partial charge in [0.15, 0.2) is 5.69 Å². The van der Waals surface area contributed by atoms with Crippen LogP contribution in [0.4, 0.5) is 13.2 Å². The fourth-order valence-corrected chi connectivity index (χ4v) is 5.18. The average Bonchev–Trinajstić information content (AvgIpc) is 3.43. The third-order valence-corrected chi connectivity index (χ3v) is 7.15. The normalized spacial score (nSPS) is 20.8. The van der Waals surface area contributed by atoms with E-state index in [1.54, 1.807) is 0 Å². The Bertz CT molecular complexity index is 1370. The number of allylic oxidation sites excluding steroid dienone is 1. The highest BCUT2D eigenvalue weighted by molar-refractivity contribution is 6.08. The third-order valence-electron chi connectivity index (χ3n) is 7.15.